The monoisotopic (exact) mass is 454 g/mol. The van der Waals surface area contributed by atoms with E-state index in [1.165, 1.54) is 12.1 Å². The van der Waals surface area contributed by atoms with E-state index in [1.807, 2.05) is 77.6 Å². The molecule has 0 bridgehead atoms. The number of nitrogens with zero attached hydrogens (tertiary/aromatic N) is 2. The first-order chi connectivity index (χ1) is 16.0. The lowest BCUT2D eigenvalue weighted by atomic mass is 9.75. The van der Waals surface area contributed by atoms with Crippen LogP contribution in [0, 0.1) is 17.1 Å². The van der Waals surface area contributed by atoms with Crippen LogP contribution < -0.4 is 9.88 Å². The average molecular weight is 455 g/mol. The molecule has 2 N–H and O–H groups in total. The summed E-state index contributed by atoms with van der Waals surface area (Å²) < 4.78 is 16.2. The molecule has 3 atom stereocenters. The molecule has 0 unspecified atom stereocenters. The summed E-state index contributed by atoms with van der Waals surface area (Å²) in [6.07, 6.45) is 3.83. The molecule has 2 heterocycles. The molecule has 0 aliphatic carbocycles. The SMILES string of the molecule is N#CC1=C(S)N[C@](O)(c2ccccc2)[C@@H]([n+]2ccc3ccccc3c2)[C@@H]1c1cccc(F)c1. The largest absolute Gasteiger partial charge is 0.362 e. The van der Waals surface area contributed by atoms with Crippen LogP contribution >= 0.6 is 12.6 Å². The highest BCUT2D eigenvalue weighted by Crippen LogP contribution is 2.47. The Kier molecular flexibility index (Phi) is 5.37. The van der Waals surface area contributed by atoms with Gasteiger partial charge in [0.1, 0.15) is 5.82 Å². The molecule has 4 nitrogen and oxygen atoms in total. The first-order valence-electron chi connectivity index (χ1n) is 10.6. The van der Waals surface area contributed by atoms with Crippen LogP contribution in [-0.4, -0.2) is 5.11 Å². The summed E-state index contributed by atoms with van der Waals surface area (Å²) in [5, 5.41) is 27.6. The van der Waals surface area contributed by atoms with E-state index < -0.39 is 23.5 Å². The quantitative estimate of drug-likeness (QED) is 0.311. The number of fused-ring (bicyclic) bond motifs is 1. The highest BCUT2D eigenvalue weighted by atomic mass is 32.1. The molecule has 33 heavy (non-hydrogen) atoms. The fourth-order valence-electron chi connectivity index (χ4n) is 4.69. The molecule has 1 aromatic heterocycles. The maximum atomic E-state index is 14.3. The lowest BCUT2D eigenvalue weighted by Crippen LogP contribution is -2.62. The number of halogens is 1. The molecule has 0 radical (unpaired) electrons. The van der Waals surface area contributed by atoms with Crippen LogP contribution in [0.15, 0.2) is 108 Å². The van der Waals surface area contributed by atoms with Crippen LogP contribution in [0.4, 0.5) is 4.39 Å². The Morgan fingerprint density at radius 1 is 0.970 bits per heavy atom. The van der Waals surface area contributed by atoms with E-state index >= 15 is 0 Å². The van der Waals surface area contributed by atoms with Crippen molar-refractivity contribution in [2.75, 3.05) is 0 Å². The van der Waals surface area contributed by atoms with Crippen molar-refractivity contribution in [1.82, 2.24) is 5.32 Å². The predicted octanol–water partition coefficient (Wildman–Crippen LogP) is 4.70. The van der Waals surface area contributed by atoms with E-state index in [-0.39, 0.29) is 5.03 Å². The van der Waals surface area contributed by atoms with Crippen molar-refractivity contribution >= 4 is 23.4 Å². The third-order valence-corrected chi connectivity index (χ3v) is 6.55. The summed E-state index contributed by atoms with van der Waals surface area (Å²) in [5.74, 6) is -1.06. The molecule has 5 rings (SSSR count). The van der Waals surface area contributed by atoms with Gasteiger partial charge in [0.05, 0.1) is 22.6 Å². The van der Waals surface area contributed by atoms with Gasteiger partial charge < -0.3 is 10.4 Å². The number of benzene rings is 3. The summed E-state index contributed by atoms with van der Waals surface area (Å²) in [5.41, 5.74) is -0.0987. The van der Waals surface area contributed by atoms with E-state index in [1.54, 1.807) is 12.1 Å². The fourth-order valence-corrected chi connectivity index (χ4v) is 5.05. The van der Waals surface area contributed by atoms with Gasteiger partial charge in [0, 0.05) is 17.0 Å². The minimum absolute atomic E-state index is 0.260. The van der Waals surface area contributed by atoms with E-state index in [0.29, 0.717) is 16.7 Å². The zero-order valence-corrected chi connectivity index (χ0v) is 18.5. The topological polar surface area (TPSA) is 59.9 Å². The van der Waals surface area contributed by atoms with Gasteiger partial charge in [0.2, 0.25) is 11.8 Å². The Balaban J connectivity index is 1.81. The van der Waals surface area contributed by atoms with E-state index in [4.69, 9.17) is 0 Å². The fraction of sp³-hybridized carbons (Fsp3) is 0.111. The molecule has 6 heteroatoms. The van der Waals surface area contributed by atoms with Crippen molar-refractivity contribution in [1.29, 1.82) is 5.26 Å². The summed E-state index contributed by atoms with van der Waals surface area (Å²) in [4.78, 5) is 0. The minimum Gasteiger partial charge on any atom is -0.362 e. The molecular formula is C27H21FN3OS+. The van der Waals surface area contributed by atoms with Crippen molar-refractivity contribution in [2.24, 2.45) is 0 Å². The van der Waals surface area contributed by atoms with Gasteiger partial charge in [-0.2, -0.15) is 9.83 Å². The third kappa shape index (κ3) is 3.66. The molecule has 0 saturated heterocycles. The molecule has 4 aromatic rings. The van der Waals surface area contributed by atoms with Gasteiger partial charge in [-0.1, -0.05) is 60.7 Å². The first-order valence-corrected chi connectivity index (χ1v) is 11.0. The smallest absolute Gasteiger partial charge is 0.227 e. The highest BCUT2D eigenvalue weighted by Gasteiger charge is 2.55. The van der Waals surface area contributed by atoms with Gasteiger partial charge in [-0.25, -0.2) is 4.39 Å². The second-order valence-corrected chi connectivity index (χ2v) is 8.58. The number of nitriles is 1. The molecule has 0 spiro atoms. The summed E-state index contributed by atoms with van der Waals surface area (Å²) in [6, 6.07) is 26.8. The maximum absolute atomic E-state index is 14.3. The maximum Gasteiger partial charge on any atom is 0.227 e. The van der Waals surface area contributed by atoms with Crippen LogP contribution in [0.2, 0.25) is 0 Å². The van der Waals surface area contributed by atoms with Gasteiger partial charge in [0.15, 0.2) is 12.4 Å². The third-order valence-electron chi connectivity index (χ3n) is 6.19. The number of hydrogen-bond donors (Lipinski definition) is 3. The first kappa shape index (κ1) is 21.2. The van der Waals surface area contributed by atoms with Crippen LogP contribution in [0.1, 0.15) is 23.1 Å². The lowest BCUT2D eigenvalue weighted by Gasteiger charge is -2.42. The number of hydrogen-bond acceptors (Lipinski definition) is 4. The van der Waals surface area contributed by atoms with E-state index in [9.17, 15) is 14.8 Å². The number of allylic oxidation sites excluding steroid dienone is 1. The summed E-state index contributed by atoms with van der Waals surface area (Å²) in [7, 11) is 0. The van der Waals surface area contributed by atoms with Crippen LogP contribution in [0.3, 0.4) is 0 Å². The summed E-state index contributed by atoms with van der Waals surface area (Å²) >= 11 is 4.53. The standard InChI is InChI=1S/C27H20FN3OS/c28-22-12-6-9-19(15-22)24-23(16-29)26(33)30-27(32,21-10-2-1-3-11-21)25(24)31-14-13-18-7-4-5-8-20(18)17-31/h1-15,17,24-25,30,32H/p+1/t24-,25+,27+/m1/s1. The molecule has 1 aliphatic rings. The van der Waals surface area contributed by atoms with E-state index in [2.05, 4.69) is 24.0 Å². The van der Waals surface area contributed by atoms with Crippen LogP contribution in [0.25, 0.3) is 10.8 Å². The zero-order valence-electron chi connectivity index (χ0n) is 17.6. The Morgan fingerprint density at radius 3 is 2.42 bits per heavy atom. The van der Waals surface area contributed by atoms with E-state index in [0.717, 1.165) is 10.8 Å². The number of rotatable bonds is 3. The second kappa shape index (κ2) is 8.36. The van der Waals surface area contributed by atoms with Gasteiger partial charge in [-0.15, -0.1) is 12.6 Å². The number of thiol groups is 1. The van der Waals surface area contributed by atoms with Crippen molar-refractivity contribution in [3.05, 3.63) is 125 Å². The minimum atomic E-state index is -1.62. The van der Waals surface area contributed by atoms with Gasteiger partial charge in [-0.3, -0.25) is 0 Å². The predicted molar refractivity (Wildman–Crippen MR) is 127 cm³/mol. The van der Waals surface area contributed by atoms with Gasteiger partial charge in [-0.05, 0) is 29.1 Å². The van der Waals surface area contributed by atoms with Crippen LogP contribution in [-0.2, 0) is 5.72 Å². The number of pyridine rings is 1. The Hall–Kier alpha value is -3.66. The van der Waals surface area contributed by atoms with Gasteiger partial charge in [0.25, 0.3) is 0 Å². The molecule has 162 valence electrons. The Morgan fingerprint density at radius 2 is 1.70 bits per heavy atom. The van der Waals surface area contributed by atoms with Crippen LogP contribution in [0.5, 0.6) is 0 Å². The molecular weight excluding hydrogens is 433 g/mol. The lowest BCUT2D eigenvalue weighted by molar-refractivity contribution is -0.742. The van der Waals surface area contributed by atoms with Crippen molar-refractivity contribution in [3.63, 3.8) is 0 Å². The van der Waals surface area contributed by atoms with Crippen molar-refractivity contribution in [3.8, 4) is 6.07 Å². The van der Waals surface area contributed by atoms with Gasteiger partial charge >= 0.3 is 0 Å². The van der Waals surface area contributed by atoms with Crippen molar-refractivity contribution < 1.29 is 14.1 Å². The number of aromatic nitrogens is 1. The van der Waals surface area contributed by atoms with Crippen molar-refractivity contribution in [2.45, 2.75) is 17.7 Å². The normalized spacial score (nSPS) is 22.6. The molecule has 0 saturated carbocycles. The molecule has 3 aromatic carbocycles. The molecule has 1 aliphatic heterocycles. The molecule has 0 amide bonds. The highest BCUT2D eigenvalue weighted by molar-refractivity contribution is 7.84. The number of nitrogens with one attached hydrogen (secondary N) is 1. The number of aliphatic hydroxyl groups is 1. The molecule has 0 fully saturated rings. The Labute approximate surface area is 196 Å². The second-order valence-electron chi connectivity index (χ2n) is 8.13. The summed E-state index contributed by atoms with van der Waals surface area (Å²) in [6.45, 7) is 0. The zero-order chi connectivity index (χ0) is 23.0. The Bertz CT molecular complexity index is 1420. The average Bonchev–Trinajstić information content (AvgIpc) is 2.84.